The lowest BCUT2D eigenvalue weighted by atomic mass is 10.0. The Morgan fingerprint density at radius 3 is 2.78 bits per heavy atom. The molecule has 0 aliphatic carbocycles. The van der Waals surface area contributed by atoms with Crippen LogP contribution >= 0.6 is 11.6 Å². The molecule has 23 heavy (non-hydrogen) atoms. The van der Waals surface area contributed by atoms with Gasteiger partial charge in [0.2, 0.25) is 5.03 Å². The first kappa shape index (κ1) is 17.9. The van der Waals surface area contributed by atoms with Crippen LogP contribution in [-0.2, 0) is 23.5 Å². The van der Waals surface area contributed by atoms with Crippen molar-refractivity contribution >= 4 is 21.6 Å². The fraction of sp³-hybridized carbons (Fsp3) is 0.357. The smallest absolute Gasteiger partial charge is 0.261 e. The largest absolute Gasteiger partial charge is 0.396 e. The molecule has 0 radical (unpaired) electrons. The van der Waals surface area contributed by atoms with Gasteiger partial charge in [-0.25, -0.2) is 22.5 Å². The van der Waals surface area contributed by atoms with Crippen LogP contribution in [0.15, 0.2) is 35.6 Å². The van der Waals surface area contributed by atoms with Gasteiger partial charge in [0.1, 0.15) is 11.0 Å². The number of aryl methyl sites for hydroxylation is 1. The topological polar surface area (TPSA) is 84.2 Å². The molecule has 2 rings (SSSR count). The lowest BCUT2D eigenvalue weighted by Crippen LogP contribution is -2.32. The molecule has 2 aromatic rings. The van der Waals surface area contributed by atoms with Crippen LogP contribution in [-0.4, -0.2) is 36.2 Å². The van der Waals surface area contributed by atoms with Crippen molar-refractivity contribution in [3.63, 3.8) is 0 Å². The molecule has 2 N–H and O–H groups in total. The molecule has 0 bridgehead atoms. The predicted molar refractivity (Wildman–Crippen MR) is 84.1 cm³/mol. The lowest BCUT2D eigenvalue weighted by molar-refractivity contribution is 0.226. The fourth-order valence-corrected chi connectivity index (χ4v) is 3.61. The Morgan fingerprint density at radius 1 is 1.48 bits per heavy atom. The average molecular weight is 362 g/mol. The Kier molecular flexibility index (Phi) is 5.74. The number of aromatic nitrogens is 2. The number of imidazole rings is 1. The van der Waals surface area contributed by atoms with Crippen LogP contribution in [0, 0.1) is 11.7 Å². The number of aliphatic hydroxyl groups excluding tert-OH is 1. The van der Waals surface area contributed by atoms with E-state index < -0.39 is 15.9 Å². The molecule has 9 heteroatoms. The van der Waals surface area contributed by atoms with E-state index in [-0.39, 0.29) is 29.1 Å². The van der Waals surface area contributed by atoms with E-state index in [4.69, 9.17) is 11.6 Å². The second-order valence-corrected chi connectivity index (χ2v) is 7.23. The molecule has 1 aromatic carbocycles. The maximum Gasteiger partial charge on any atom is 0.261 e. The molecule has 1 unspecified atom stereocenters. The third-order valence-corrected chi connectivity index (χ3v) is 5.23. The molecule has 126 valence electrons. The SMILES string of the molecule is Cn1cnc(S(=O)(=O)NCC(CO)Cc2cccc(F)c2)c1Cl. The van der Waals surface area contributed by atoms with Gasteiger partial charge in [-0.2, -0.15) is 0 Å². The van der Waals surface area contributed by atoms with Crippen molar-refractivity contribution in [1.82, 2.24) is 14.3 Å². The van der Waals surface area contributed by atoms with E-state index in [9.17, 15) is 17.9 Å². The summed E-state index contributed by atoms with van der Waals surface area (Å²) in [4.78, 5) is 3.75. The van der Waals surface area contributed by atoms with Crippen LogP contribution in [0.1, 0.15) is 5.56 Å². The van der Waals surface area contributed by atoms with Crippen molar-refractivity contribution in [2.75, 3.05) is 13.2 Å². The molecule has 1 heterocycles. The summed E-state index contributed by atoms with van der Waals surface area (Å²) in [7, 11) is -2.30. The van der Waals surface area contributed by atoms with Crippen LogP contribution in [0.3, 0.4) is 0 Å². The molecule has 0 saturated carbocycles. The highest BCUT2D eigenvalue weighted by molar-refractivity contribution is 7.89. The third kappa shape index (κ3) is 4.51. The normalized spacial score (nSPS) is 13.2. The van der Waals surface area contributed by atoms with Crippen LogP contribution in [0.25, 0.3) is 0 Å². The van der Waals surface area contributed by atoms with Gasteiger partial charge in [0.25, 0.3) is 10.0 Å². The number of aliphatic hydroxyl groups is 1. The summed E-state index contributed by atoms with van der Waals surface area (Å²) in [6.45, 7) is -0.253. The van der Waals surface area contributed by atoms with Crippen LogP contribution in [0.2, 0.25) is 5.15 Å². The van der Waals surface area contributed by atoms with Gasteiger partial charge in [-0.05, 0) is 30.0 Å². The van der Waals surface area contributed by atoms with Gasteiger partial charge in [-0.3, -0.25) is 0 Å². The predicted octanol–water partition coefficient (Wildman–Crippen LogP) is 1.34. The van der Waals surface area contributed by atoms with Gasteiger partial charge >= 0.3 is 0 Å². The molecular weight excluding hydrogens is 345 g/mol. The monoisotopic (exact) mass is 361 g/mol. The van der Waals surface area contributed by atoms with E-state index in [0.717, 1.165) is 0 Å². The third-order valence-electron chi connectivity index (χ3n) is 3.32. The molecule has 0 spiro atoms. The molecule has 1 atom stereocenters. The average Bonchev–Trinajstić information content (AvgIpc) is 2.84. The Labute approximate surface area is 139 Å². The van der Waals surface area contributed by atoms with Crippen LogP contribution < -0.4 is 4.72 Å². The first-order chi connectivity index (χ1) is 10.8. The van der Waals surface area contributed by atoms with E-state index in [2.05, 4.69) is 9.71 Å². The number of benzene rings is 1. The molecule has 0 amide bonds. The number of hydrogen-bond donors (Lipinski definition) is 2. The van der Waals surface area contributed by atoms with Crippen molar-refractivity contribution < 1.29 is 17.9 Å². The Balaban J connectivity index is 2.04. The zero-order valence-corrected chi connectivity index (χ0v) is 14.0. The van der Waals surface area contributed by atoms with E-state index in [1.165, 1.54) is 23.0 Å². The van der Waals surface area contributed by atoms with E-state index in [1.54, 1.807) is 19.2 Å². The minimum absolute atomic E-state index is 0.00294. The summed E-state index contributed by atoms with van der Waals surface area (Å²) in [5.74, 6) is -0.769. The van der Waals surface area contributed by atoms with Crippen molar-refractivity contribution in [3.05, 3.63) is 47.1 Å². The highest BCUT2D eigenvalue weighted by atomic mass is 35.5. The molecule has 1 aromatic heterocycles. The maximum atomic E-state index is 13.2. The molecule has 0 saturated heterocycles. The van der Waals surface area contributed by atoms with Gasteiger partial charge in [-0.1, -0.05) is 23.7 Å². The van der Waals surface area contributed by atoms with Crippen molar-refractivity contribution in [1.29, 1.82) is 0 Å². The quantitative estimate of drug-likeness (QED) is 0.779. The second kappa shape index (κ2) is 7.39. The minimum atomic E-state index is -3.87. The first-order valence-electron chi connectivity index (χ1n) is 6.85. The van der Waals surface area contributed by atoms with Crippen molar-refractivity contribution in [2.24, 2.45) is 13.0 Å². The zero-order valence-electron chi connectivity index (χ0n) is 12.4. The van der Waals surface area contributed by atoms with Crippen LogP contribution in [0.4, 0.5) is 4.39 Å². The molecular formula is C14H17ClFN3O3S. The van der Waals surface area contributed by atoms with Crippen molar-refractivity contribution in [2.45, 2.75) is 11.4 Å². The fourth-order valence-electron chi connectivity index (χ4n) is 2.07. The minimum Gasteiger partial charge on any atom is -0.396 e. The number of nitrogens with zero attached hydrogens (tertiary/aromatic N) is 2. The summed E-state index contributed by atoms with van der Waals surface area (Å²) in [5, 5.41) is 9.15. The Bertz CT molecular complexity index is 779. The van der Waals surface area contributed by atoms with Crippen LogP contribution in [0.5, 0.6) is 0 Å². The van der Waals surface area contributed by atoms with E-state index in [1.807, 2.05) is 0 Å². The number of nitrogens with one attached hydrogen (secondary N) is 1. The lowest BCUT2D eigenvalue weighted by Gasteiger charge is -2.15. The van der Waals surface area contributed by atoms with Gasteiger partial charge in [0, 0.05) is 20.2 Å². The molecule has 0 aliphatic heterocycles. The van der Waals surface area contributed by atoms with Gasteiger partial charge in [0.15, 0.2) is 0 Å². The number of sulfonamides is 1. The van der Waals surface area contributed by atoms with Gasteiger partial charge in [-0.15, -0.1) is 0 Å². The summed E-state index contributed by atoms with van der Waals surface area (Å²) < 4.78 is 41.3. The van der Waals surface area contributed by atoms with E-state index in [0.29, 0.717) is 12.0 Å². The summed E-state index contributed by atoms with van der Waals surface area (Å²) in [6.07, 6.45) is 1.64. The van der Waals surface area contributed by atoms with Crippen molar-refractivity contribution in [3.8, 4) is 0 Å². The van der Waals surface area contributed by atoms with E-state index >= 15 is 0 Å². The summed E-state index contributed by atoms with van der Waals surface area (Å²) in [5.41, 5.74) is 0.680. The second-order valence-electron chi connectivity index (χ2n) is 5.19. The first-order valence-corrected chi connectivity index (χ1v) is 8.71. The molecule has 0 fully saturated rings. The summed E-state index contributed by atoms with van der Waals surface area (Å²) in [6, 6.07) is 5.96. The number of hydrogen-bond acceptors (Lipinski definition) is 4. The molecule has 0 aliphatic rings. The Hall–Kier alpha value is -1.48. The number of halogens is 2. The highest BCUT2D eigenvalue weighted by Crippen LogP contribution is 2.18. The standard InChI is InChI=1S/C14H17ClFN3O3S/c1-19-9-17-14(13(19)15)23(21,22)18-7-11(8-20)5-10-3-2-4-12(16)6-10/h2-4,6,9,11,18,20H,5,7-8H2,1H3. The van der Waals surface area contributed by atoms with Gasteiger partial charge in [0.05, 0.1) is 6.33 Å². The zero-order chi connectivity index (χ0) is 17.0. The molecule has 6 nitrogen and oxygen atoms in total. The number of rotatable bonds is 7. The highest BCUT2D eigenvalue weighted by Gasteiger charge is 2.23. The summed E-state index contributed by atoms with van der Waals surface area (Å²) >= 11 is 5.88. The maximum absolute atomic E-state index is 13.2. The Morgan fingerprint density at radius 2 is 2.22 bits per heavy atom. The van der Waals surface area contributed by atoms with Gasteiger partial charge < -0.3 is 9.67 Å².